The molecule has 0 unspecified atom stereocenters. The number of rotatable bonds is 6. The van der Waals surface area contributed by atoms with Gasteiger partial charge in [0.25, 0.3) is 0 Å². The molecule has 0 aromatic heterocycles. The Bertz CT molecular complexity index is 288. The Morgan fingerprint density at radius 3 is 2.21 bits per heavy atom. The van der Waals surface area contributed by atoms with Gasteiger partial charge in [-0.05, 0) is 27.7 Å². The van der Waals surface area contributed by atoms with E-state index in [1.807, 2.05) is 18.7 Å². The van der Waals surface area contributed by atoms with Crippen LogP contribution in [0.25, 0.3) is 0 Å². The topological polar surface area (TPSA) is 42.0 Å². The molecule has 1 rings (SSSR count). The van der Waals surface area contributed by atoms with Crippen LogP contribution in [-0.4, -0.2) is 66.9 Å². The minimum absolute atomic E-state index is 0.0453. The number of carbonyl (C=O) groups excluding carboxylic acids is 1. The first kappa shape index (κ1) is 16.4. The van der Waals surface area contributed by atoms with Gasteiger partial charge in [0.2, 0.25) is 5.91 Å². The summed E-state index contributed by atoms with van der Waals surface area (Å²) >= 11 is 0. The molecule has 0 aromatic rings. The molecular weight excluding hydrogens is 244 g/mol. The van der Waals surface area contributed by atoms with Crippen LogP contribution in [-0.2, 0) is 14.3 Å². The fourth-order valence-electron chi connectivity index (χ4n) is 2.50. The van der Waals surface area contributed by atoms with E-state index in [-0.39, 0.29) is 17.7 Å². The van der Waals surface area contributed by atoms with Crippen LogP contribution in [0.5, 0.6) is 0 Å². The van der Waals surface area contributed by atoms with Crippen molar-refractivity contribution in [2.24, 2.45) is 0 Å². The highest BCUT2D eigenvalue weighted by molar-refractivity contribution is 5.73. The van der Waals surface area contributed by atoms with E-state index in [4.69, 9.17) is 9.47 Å². The number of hydrogen-bond donors (Lipinski definition) is 0. The highest BCUT2D eigenvalue weighted by Gasteiger charge is 2.35. The monoisotopic (exact) mass is 272 g/mol. The standard InChI is InChI=1S/C14H28N2O3/c1-6-18-13(19-7-2)10-16-9-8-15(12(3)17)11-14(16,4)5/h13H,6-11H2,1-5H3. The third kappa shape index (κ3) is 4.75. The Hall–Kier alpha value is -0.650. The highest BCUT2D eigenvalue weighted by Crippen LogP contribution is 2.21. The summed E-state index contributed by atoms with van der Waals surface area (Å²) in [5, 5.41) is 0. The Kier molecular flexibility index (Phi) is 6.23. The van der Waals surface area contributed by atoms with Crippen molar-refractivity contribution < 1.29 is 14.3 Å². The van der Waals surface area contributed by atoms with Gasteiger partial charge in [0.15, 0.2) is 6.29 Å². The molecule has 1 aliphatic rings. The van der Waals surface area contributed by atoms with Gasteiger partial charge in [-0.3, -0.25) is 9.69 Å². The zero-order valence-corrected chi connectivity index (χ0v) is 12.9. The second kappa shape index (κ2) is 7.22. The Morgan fingerprint density at radius 1 is 1.21 bits per heavy atom. The SMILES string of the molecule is CCOC(CN1CCN(C(C)=O)CC1(C)C)OCC. The van der Waals surface area contributed by atoms with Crippen LogP contribution in [0.1, 0.15) is 34.6 Å². The number of amides is 1. The average molecular weight is 272 g/mol. The van der Waals surface area contributed by atoms with Crippen LogP contribution in [0.3, 0.4) is 0 Å². The maximum Gasteiger partial charge on any atom is 0.219 e. The first-order valence-corrected chi connectivity index (χ1v) is 7.14. The summed E-state index contributed by atoms with van der Waals surface area (Å²) in [7, 11) is 0. The van der Waals surface area contributed by atoms with Crippen molar-refractivity contribution in [3.05, 3.63) is 0 Å². The van der Waals surface area contributed by atoms with E-state index in [0.717, 1.165) is 26.2 Å². The molecule has 1 aliphatic heterocycles. The Labute approximate surface area is 116 Å². The quantitative estimate of drug-likeness (QED) is 0.684. The fraction of sp³-hybridized carbons (Fsp3) is 0.929. The third-order valence-electron chi connectivity index (χ3n) is 3.59. The molecule has 1 amide bonds. The summed E-state index contributed by atoms with van der Waals surface area (Å²) in [4.78, 5) is 15.7. The first-order chi connectivity index (χ1) is 8.90. The van der Waals surface area contributed by atoms with Gasteiger partial charge in [0.1, 0.15) is 0 Å². The van der Waals surface area contributed by atoms with Gasteiger partial charge in [-0.2, -0.15) is 0 Å². The molecule has 0 radical (unpaired) electrons. The molecule has 0 atom stereocenters. The lowest BCUT2D eigenvalue weighted by atomic mass is 9.98. The van der Waals surface area contributed by atoms with Gasteiger partial charge in [-0.25, -0.2) is 0 Å². The van der Waals surface area contributed by atoms with Crippen LogP contribution in [0, 0.1) is 0 Å². The molecule has 5 nitrogen and oxygen atoms in total. The van der Waals surface area contributed by atoms with E-state index >= 15 is 0 Å². The largest absolute Gasteiger partial charge is 0.352 e. The normalized spacial score (nSPS) is 20.0. The van der Waals surface area contributed by atoms with E-state index in [1.54, 1.807) is 6.92 Å². The van der Waals surface area contributed by atoms with Gasteiger partial charge in [0.05, 0.1) is 6.54 Å². The minimum Gasteiger partial charge on any atom is -0.352 e. The number of hydrogen-bond acceptors (Lipinski definition) is 4. The van der Waals surface area contributed by atoms with Gasteiger partial charge < -0.3 is 14.4 Å². The summed E-state index contributed by atoms with van der Waals surface area (Å²) in [5.41, 5.74) is -0.0453. The molecule has 0 bridgehead atoms. The van der Waals surface area contributed by atoms with Gasteiger partial charge in [-0.1, -0.05) is 0 Å². The van der Waals surface area contributed by atoms with Gasteiger partial charge in [0, 0.05) is 45.3 Å². The smallest absolute Gasteiger partial charge is 0.219 e. The molecule has 19 heavy (non-hydrogen) atoms. The van der Waals surface area contributed by atoms with Crippen LogP contribution in [0.4, 0.5) is 0 Å². The maximum absolute atomic E-state index is 11.5. The Balaban J connectivity index is 2.60. The lowest BCUT2D eigenvalue weighted by Gasteiger charge is -2.47. The number of nitrogens with zero attached hydrogens (tertiary/aromatic N) is 2. The maximum atomic E-state index is 11.5. The van der Waals surface area contributed by atoms with E-state index in [9.17, 15) is 4.79 Å². The van der Waals surface area contributed by atoms with Crippen molar-refractivity contribution in [2.75, 3.05) is 39.4 Å². The molecule has 0 N–H and O–H groups in total. The predicted octanol–water partition coefficient (Wildman–Crippen LogP) is 1.33. The van der Waals surface area contributed by atoms with Crippen molar-refractivity contribution in [3.8, 4) is 0 Å². The molecule has 1 saturated heterocycles. The molecule has 5 heteroatoms. The van der Waals surface area contributed by atoms with Gasteiger partial charge in [-0.15, -0.1) is 0 Å². The molecule has 1 fully saturated rings. The molecule has 1 heterocycles. The van der Waals surface area contributed by atoms with Crippen LogP contribution >= 0.6 is 0 Å². The Morgan fingerprint density at radius 2 is 1.79 bits per heavy atom. The fourth-order valence-corrected chi connectivity index (χ4v) is 2.50. The van der Waals surface area contributed by atoms with E-state index in [1.165, 1.54) is 0 Å². The highest BCUT2D eigenvalue weighted by atomic mass is 16.7. The lowest BCUT2D eigenvalue weighted by Crippen LogP contribution is -2.61. The molecule has 0 aromatic carbocycles. The van der Waals surface area contributed by atoms with E-state index in [0.29, 0.717) is 13.2 Å². The summed E-state index contributed by atoms with van der Waals surface area (Å²) < 4.78 is 11.2. The van der Waals surface area contributed by atoms with Crippen LogP contribution < -0.4 is 0 Å². The third-order valence-corrected chi connectivity index (χ3v) is 3.59. The van der Waals surface area contributed by atoms with Crippen molar-refractivity contribution >= 4 is 5.91 Å². The van der Waals surface area contributed by atoms with E-state index < -0.39 is 0 Å². The predicted molar refractivity (Wildman–Crippen MR) is 74.9 cm³/mol. The summed E-state index contributed by atoms with van der Waals surface area (Å²) in [6.07, 6.45) is -0.182. The second-order valence-electron chi connectivity index (χ2n) is 5.54. The average Bonchev–Trinajstić information content (AvgIpc) is 2.31. The minimum atomic E-state index is -0.182. The number of ether oxygens (including phenoxy) is 2. The van der Waals surface area contributed by atoms with E-state index in [2.05, 4.69) is 18.7 Å². The van der Waals surface area contributed by atoms with Crippen molar-refractivity contribution in [2.45, 2.75) is 46.4 Å². The summed E-state index contributed by atoms with van der Waals surface area (Å²) in [6, 6.07) is 0. The molecule has 0 saturated carbocycles. The second-order valence-corrected chi connectivity index (χ2v) is 5.54. The summed E-state index contributed by atoms with van der Waals surface area (Å²) in [5.74, 6) is 0.152. The van der Waals surface area contributed by atoms with Crippen LogP contribution in [0.2, 0.25) is 0 Å². The number of piperazine rings is 1. The van der Waals surface area contributed by atoms with Crippen molar-refractivity contribution in [1.29, 1.82) is 0 Å². The summed E-state index contributed by atoms with van der Waals surface area (Å²) in [6.45, 7) is 14.4. The molecular formula is C14H28N2O3. The first-order valence-electron chi connectivity index (χ1n) is 7.14. The lowest BCUT2D eigenvalue weighted by molar-refractivity contribution is -0.162. The molecule has 0 aliphatic carbocycles. The molecule has 0 spiro atoms. The zero-order valence-electron chi connectivity index (χ0n) is 12.9. The van der Waals surface area contributed by atoms with Crippen molar-refractivity contribution in [3.63, 3.8) is 0 Å². The zero-order chi connectivity index (χ0) is 14.5. The van der Waals surface area contributed by atoms with Crippen molar-refractivity contribution in [1.82, 2.24) is 9.80 Å². The van der Waals surface area contributed by atoms with Crippen LogP contribution in [0.15, 0.2) is 0 Å². The number of carbonyl (C=O) groups is 1. The van der Waals surface area contributed by atoms with Gasteiger partial charge >= 0.3 is 0 Å². The molecule has 112 valence electrons.